The number of nitrogens with zero attached hydrogens (tertiary/aromatic N) is 2. The Kier molecular flexibility index (Phi) is 4.83. The summed E-state index contributed by atoms with van der Waals surface area (Å²) in [6.07, 6.45) is 1.71. The number of hydrogen-bond donors (Lipinski definition) is 3. The number of pyridine rings is 1. The van der Waals surface area contributed by atoms with E-state index in [0.717, 1.165) is 16.6 Å². The lowest BCUT2D eigenvalue weighted by Gasteiger charge is -2.08. The van der Waals surface area contributed by atoms with Crippen LogP contribution in [0.2, 0.25) is 0 Å². The molecule has 4 aromatic rings. The predicted octanol–water partition coefficient (Wildman–Crippen LogP) is 4.70. The lowest BCUT2D eigenvalue weighted by atomic mass is 10.0. The van der Waals surface area contributed by atoms with E-state index < -0.39 is 0 Å². The summed E-state index contributed by atoms with van der Waals surface area (Å²) in [6, 6.07) is 18.9. The molecule has 0 spiro atoms. The Balaban J connectivity index is 1.91. The molecular weight excluding hydrogens is 364 g/mol. The van der Waals surface area contributed by atoms with Crippen molar-refractivity contribution in [2.75, 3.05) is 5.32 Å². The summed E-state index contributed by atoms with van der Waals surface area (Å²) in [5, 5.41) is 14.3. The van der Waals surface area contributed by atoms with Crippen LogP contribution in [0.15, 0.2) is 71.9 Å². The third kappa shape index (κ3) is 3.87. The lowest BCUT2D eigenvalue weighted by Crippen LogP contribution is -2.05. The number of anilines is 1. The third-order valence-electron chi connectivity index (χ3n) is 4.52. The SMILES string of the molecule is CC(=O)Nc1ccc2c(C(=Nc3ccc(C)nc3)c3ccccc3)c(O)[nH]c2c1. The molecule has 1 amide bonds. The molecule has 0 aliphatic carbocycles. The smallest absolute Gasteiger partial charge is 0.221 e. The topological polar surface area (TPSA) is 90.4 Å². The maximum Gasteiger partial charge on any atom is 0.221 e. The maximum atomic E-state index is 11.3. The molecule has 2 heterocycles. The van der Waals surface area contributed by atoms with Gasteiger partial charge in [-0.05, 0) is 37.3 Å². The molecule has 0 atom stereocenters. The van der Waals surface area contributed by atoms with Gasteiger partial charge in [-0.2, -0.15) is 0 Å². The van der Waals surface area contributed by atoms with Gasteiger partial charge in [0.15, 0.2) is 5.88 Å². The Hall–Kier alpha value is -3.93. The van der Waals surface area contributed by atoms with E-state index in [4.69, 9.17) is 4.99 Å². The first-order chi connectivity index (χ1) is 14.0. The second-order valence-corrected chi connectivity index (χ2v) is 6.77. The van der Waals surface area contributed by atoms with Gasteiger partial charge in [0.05, 0.1) is 28.7 Å². The van der Waals surface area contributed by atoms with E-state index in [2.05, 4.69) is 15.3 Å². The molecule has 29 heavy (non-hydrogen) atoms. The van der Waals surface area contributed by atoms with Gasteiger partial charge in [0, 0.05) is 29.3 Å². The van der Waals surface area contributed by atoms with Gasteiger partial charge in [-0.3, -0.25) is 9.78 Å². The van der Waals surface area contributed by atoms with Crippen molar-refractivity contribution in [3.8, 4) is 5.88 Å². The molecule has 0 saturated carbocycles. The molecule has 0 aliphatic rings. The number of fused-ring (bicyclic) bond motifs is 1. The van der Waals surface area contributed by atoms with Crippen LogP contribution in [0.25, 0.3) is 10.9 Å². The zero-order chi connectivity index (χ0) is 20.4. The highest BCUT2D eigenvalue weighted by Crippen LogP contribution is 2.32. The van der Waals surface area contributed by atoms with Crippen molar-refractivity contribution in [1.29, 1.82) is 0 Å². The highest BCUT2D eigenvalue weighted by molar-refractivity contribution is 6.22. The van der Waals surface area contributed by atoms with Crippen LogP contribution in [0.5, 0.6) is 5.88 Å². The van der Waals surface area contributed by atoms with E-state index in [0.29, 0.717) is 28.2 Å². The van der Waals surface area contributed by atoms with Gasteiger partial charge < -0.3 is 15.4 Å². The number of aromatic amines is 1. The third-order valence-corrected chi connectivity index (χ3v) is 4.52. The first kappa shape index (κ1) is 18.4. The average molecular weight is 384 g/mol. The number of carbonyl (C=O) groups excluding carboxylic acids is 1. The molecule has 2 aromatic carbocycles. The highest BCUT2D eigenvalue weighted by Gasteiger charge is 2.19. The molecule has 144 valence electrons. The average Bonchev–Trinajstić information content (AvgIpc) is 3.02. The lowest BCUT2D eigenvalue weighted by molar-refractivity contribution is -0.114. The number of amides is 1. The van der Waals surface area contributed by atoms with Gasteiger partial charge in [-0.1, -0.05) is 30.3 Å². The fourth-order valence-corrected chi connectivity index (χ4v) is 3.22. The van der Waals surface area contributed by atoms with Gasteiger partial charge in [0.25, 0.3) is 0 Å². The minimum atomic E-state index is -0.154. The van der Waals surface area contributed by atoms with Crippen molar-refractivity contribution in [1.82, 2.24) is 9.97 Å². The normalized spacial score (nSPS) is 11.6. The van der Waals surface area contributed by atoms with Crippen LogP contribution in [-0.2, 0) is 4.79 Å². The monoisotopic (exact) mass is 384 g/mol. The van der Waals surface area contributed by atoms with Crippen molar-refractivity contribution < 1.29 is 9.90 Å². The fourth-order valence-electron chi connectivity index (χ4n) is 3.22. The minimum absolute atomic E-state index is 0.0163. The first-order valence-electron chi connectivity index (χ1n) is 9.20. The molecule has 4 rings (SSSR count). The molecule has 2 aromatic heterocycles. The summed E-state index contributed by atoms with van der Waals surface area (Å²) in [5.74, 6) is -0.138. The number of aryl methyl sites for hydroxylation is 1. The molecular formula is C23H20N4O2. The molecule has 6 nitrogen and oxygen atoms in total. The molecule has 6 heteroatoms. The zero-order valence-electron chi connectivity index (χ0n) is 16.1. The Labute approximate surface area is 168 Å². The molecule has 0 bridgehead atoms. The van der Waals surface area contributed by atoms with Crippen molar-refractivity contribution in [2.45, 2.75) is 13.8 Å². The maximum absolute atomic E-state index is 11.3. The summed E-state index contributed by atoms with van der Waals surface area (Å²) in [6.45, 7) is 3.38. The van der Waals surface area contributed by atoms with Crippen molar-refractivity contribution >= 4 is 33.9 Å². The summed E-state index contributed by atoms with van der Waals surface area (Å²) in [4.78, 5) is 23.5. The summed E-state index contributed by atoms with van der Waals surface area (Å²) < 4.78 is 0. The predicted molar refractivity (Wildman–Crippen MR) is 115 cm³/mol. The van der Waals surface area contributed by atoms with Gasteiger partial charge in [-0.25, -0.2) is 4.99 Å². The van der Waals surface area contributed by atoms with Crippen LogP contribution in [0, 0.1) is 6.92 Å². The van der Waals surface area contributed by atoms with Gasteiger partial charge in [0.1, 0.15) is 0 Å². The van der Waals surface area contributed by atoms with Gasteiger partial charge in [0.2, 0.25) is 5.91 Å². The van der Waals surface area contributed by atoms with Crippen LogP contribution in [0.1, 0.15) is 23.7 Å². The minimum Gasteiger partial charge on any atom is -0.494 e. The summed E-state index contributed by atoms with van der Waals surface area (Å²) >= 11 is 0. The van der Waals surface area contributed by atoms with E-state index >= 15 is 0 Å². The van der Waals surface area contributed by atoms with Crippen LogP contribution in [0.3, 0.4) is 0 Å². The largest absolute Gasteiger partial charge is 0.494 e. The van der Waals surface area contributed by atoms with Crippen molar-refractivity contribution in [3.05, 3.63) is 83.7 Å². The number of carbonyl (C=O) groups is 1. The van der Waals surface area contributed by atoms with Crippen LogP contribution < -0.4 is 5.32 Å². The number of H-pyrrole nitrogens is 1. The Bertz CT molecular complexity index is 1210. The Morgan fingerprint density at radius 2 is 1.90 bits per heavy atom. The van der Waals surface area contributed by atoms with Crippen LogP contribution in [-0.4, -0.2) is 26.7 Å². The van der Waals surface area contributed by atoms with E-state index in [9.17, 15) is 9.90 Å². The first-order valence-corrected chi connectivity index (χ1v) is 9.20. The number of hydrogen-bond acceptors (Lipinski definition) is 4. The zero-order valence-corrected chi connectivity index (χ0v) is 16.1. The Morgan fingerprint density at radius 1 is 1.10 bits per heavy atom. The van der Waals surface area contributed by atoms with E-state index in [1.165, 1.54) is 6.92 Å². The molecule has 0 saturated heterocycles. The molecule has 3 N–H and O–H groups in total. The fraction of sp³-hybridized carbons (Fsp3) is 0.0870. The van der Waals surface area contributed by atoms with Crippen LogP contribution >= 0.6 is 0 Å². The molecule has 0 radical (unpaired) electrons. The number of rotatable bonds is 4. The standard InChI is InChI=1S/C23H20N4O2/c1-14-8-9-18(13-24-14)26-22(16-6-4-3-5-7-16)21-19-11-10-17(25-15(2)28)12-20(19)27-23(21)29/h3-13,27,29H,1-2H3,(H,25,28). The highest BCUT2D eigenvalue weighted by atomic mass is 16.3. The van der Waals surface area contributed by atoms with Gasteiger partial charge >= 0.3 is 0 Å². The second kappa shape index (κ2) is 7.59. The van der Waals surface area contributed by atoms with Crippen molar-refractivity contribution in [3.63, 3.8) is 0 Å². The van der Waals surface area contributed by atoms with Crippen molar-refractivity contribution in [2.24, 2.45) is 4.99 Å². The number of aromatic hydroxyl groups is 1. The number of nitrogens with one attached hydrogen (secondary N) is 2. The number of aromatic nitrogens is 2. The molecule has 0 fully saturated rings. The molecule has 0 unspecified atom stereocenters. The quantitative estimate of drug-likeness (QED) is 0.445. The molecule has 0 aliphatic heterocycles. The summed E-state index contributed by atoms with van der Waals surface area (Å²) in [7, 11) is 0. The number of benzene rings is 2. The van der Waals surface area contributed by atoms with Gasteiger partial charge in [-0.15, -0.1) is 0 Å². The summed E-state index contributed by atoms with van der Waals surface area (Å²) in [5.41, 5.74) is 5.06. The second-order valence-electron chi connectivity index (χ2n) is 6.77. The van der Waals surface area contributed by atoms with E-state index in [1.807, 2.05) is 55.5 Å². The van der Waals surface area contributed by atoms with Crippen LogP contribution in [0.4, 0.5) is 11.4 Å². The van der Waals surface area contributed by atoms with E-state index in [-0.39, 0.29) is 11.8 Å². The van der Waals surface area contributed by atoms with E-state index in [1.54, 1.807) is 18.3 Å². The Morgan fingerprint density at radius 3 is 2.59 bits per heavy atom. The number of aliphatic imine (C=N–C) groups is 1.